The van der Waals surface area contributed by atoms with Crippen molar-refractivity contribution in [3.05, 3.63) is 0 Å². The van der Waals surface area contributed by atoms with Crippen LogP contribution in [0.5, 0.6) is 0 Å². The van der Waals surface area contributed by atoms with E-state index in [0.717, 1.165) is 23.9 Å². The van der Waals surface area contributed by atoms with Gasteiger partial charge in [0.25, 0.3) is 5.91 Å². The lowest BCUT2D eigenvalue weighted by Crippen LogP contribution is -2.63. The number of carbonyl (C=O) groups excluding carboxylic acids is 2. The van der Waals surface area contributed by atoms with Gasteiger partial charge >= 0.3 is 6.03 Å². The second-order valence-electron chi connectivity index (χ2n) is 5.02. The molecule has 0 aromatic rings. The van der Waals surface area contributed by atoms with Crippen LogP contribution in [0.4, 0.5) is 4.79 Å². The Hall–Kier alpha value is -1.24. The zero-order chi connectivity index (χ0) is 14.7. The van der Waals surface area contributed by atoms with Crippen LogP contribution >= 0.6 is 11.8 Å². The standard InChI is InChI=1S/C13H22N4O2S/c1-4-6-7-8-20-13-14-10-9(17(13)5-2)11(18)15-12(19)16(10)3/h9-10H,4-8H2,1-3H3,(H,15,18,19). The quantitative estimate of drug-likeness (QED) is 0.781. The fourth-order valence-electron chi connectivity index (χ4n) is 2.47. The first-order valence-electron chi connectivity index (χ1n) is 7.15. The van der Waals surface area contributed by atoms with Crippen molar-refractivity contribution < 1.29 is 9.59 Å². The van der Waals surface area contributed by atoms with E-state index in [0.29, 0.717) is 0 Å². The van der Waals surface area contributed by atoms with Crippen LogP contribution in [0.3, 0.4) is 0 Å². The summed E-state index contributed by atoms with van der Waals surface area (Å²) in [6.07, 6.45) is 3.16. The zero-order valence-corrected chi connectivity index (χ0v) is 13.1. The molecule has 1 saturated heterocycles. The largest absolute Gasteiger partial charge is 0.336 e. The number of imide groups is 1. The lowest BCUT2D eigenvalue weighted by atomic mass is 10.1. The van der Waals surface area contributed by atoms with Crippen LogP contribution in [0.15, 0.2) is 4.99 Å². The van der Waals surface area contributed by atoms with E-state index in [-0.39, 0.29) is 24.1 Å². The predicted molar refractivity (Wildman–Crippen MR) is 80.7 cm³/mol. The van der Waals surface area contributed by atoms with Crippen LogP contribution in [-0.2, 0) is 4.79 Å². The number of aliphatic imine (C=N–C) groups is 1. The summed E-state index contributed by atoms with van der Waals surface area (Å²) in [6.45, 7) is 4.90. The molecule has 0 aromatic heterocycles. The van der Waals surface area contributed by atoms with E-state index in [1.165, 1.54) is 17.7 Å². The summed E-state index contributed by atoms with van der Waals surface area (Å²) < 4.78 is 0. The third-order valence-electron chi connectivity index (χ3n) is 3.64. The number of hydrogen-bond acceptors (Lipinski definition) is 5. The molecule has 112 valence electrons. The first kappa shape index (κ1) is 15.2. The second-order valence-corrected chi connectivity index (χ2v) is 6.08. The number of unbranched alkanes of at least 4 members (excludes halogenated alkanes) is 2. The molecule has 2 aliphatic rings. The second kappa shape index (κ2) is 6.47. The third-order valence-corrected chi connectivity index (χ3v) is 4.73. The first-order chi connectivity index (χ1) is 9.60. The monoisotopic (exact) mass is 298 g/mol. The van der Waals surface area contributed by atoms with Gasteiger partial charge in [-0.1, -0.05) is 31.5 Å². The van der Waals surface area contributed by atoms with Gasteiger partial charge in [-0.2, -0.15) is 0 Å². The smallest absolute Gasteiger partial charge is 0.325 e. The summed E-state index contributed by atoms with van der Waals surface area (Å²) in [5.41, 5.74) is 0. The van der Waals surface area contributed by atoms with Crippen LogP contribution in [-0.4, -0.2) is 58.5 Å². The fraction of sp³-hybridized carbons (Fsp3) is 0.769. The Bertz CT molecular complexity index is 427. The van der Waals surface area contributed by atoms with Crippen molar-refractivity contribution in [2.75, 3.05) is 19.3 Å². The fourth-order valence-corrected chi connectivity index (χ4v) is 3.59. The van der Waals surface area contributed by atoms with E-state index in [4.69, 9.17) is 0 Å². The van der Waals surface area contributed by atoms with Gasteiger partial charge in [0, 0.05) is 19.3 Å². The maximum Gasteiger partial charge on any atom is 0.325 e. The predicted octanol–water partition coefficient (Wildman–Crippen LogP) is 1.48. The summed E-state index contributed by atoms with van der Waals surface area (Å²) in [7, 11) is 1.68. The van der Waals surface area contributed by atoms with Gasteiger partial charge in [-0.15, -0.1) is 0 Å². The minimum Gasteiger partial charge on any atom is -0.336 e. The molecule has 3 amide bonds. The Morgan fingerprint density at radius 2 is 2.05 bits per heavy atom. The highest BCUT2D eigenvalue weighted by Gasteiger charge is 2.47. The lowest BCUT2D eigenvalue weighted by molar-refractivity contribution is -0.127. The number of rotatable bonds is 5. The van der Waals surface area contributed by atoms with Crippen LogP contribution in [0.2, 0.25) is 0 Å². The van der Waals surface area contributed by atoms with Gasteiger partial charge in [0.05, 0.1) is 0 Å². The van der Waals surface area contributed by atoms with E-state index >= 15 is 0 Å². The average molecular weight is 298 g/mol. The van der Waals surface area contributed by atoms with Crippen molar-refractivity contribution in [1.82, 2.24) is 15.1 Å². The molecule has 2 unspecified atom stereocenters. The van der Waals surface area contributed by atoms with Crippen LogP contribution < -0.4 is 5.32 Å². The molecular formula is C13H22N4O2S. The molecule has 20 heavy (non-hydrogen) atoms. The number of likely N-dealkylation sites (N-methyl/N-ethyl adjacent to an activating group) is 2. The van der Waals surface area contributed by atoms with Gasteiger partial charge in [0.1, 0.15) is 0 Å². The Morgan fingerprint density at radius 1 is 1.30 bits per heavy atom. The molecule has 0 saturated carbocycles. The first-order valence-corrected chi connectivity index (χ1v) is 8.13. The Kier molecular flexibility index (Phi) is 4.91. The number of carbonyl (C=O) groups is 2. The van der Waals surface area contributed by atoms with Gasteiger partial charge in [-0.3, -0.25) is 10.1 Å². The number of fused-ring (bicyclic) bond motifs is 1. The maximum atomic E-state index is 12.0. The number of urea groups is 1. The summed E-state index contributed by atoms with van der Waals surface area (Å²) in [6, 6.07) is -0.746. The molecule has 2 aliphatic heterocycles. The number of thioether (sulfide) groups is 1. The van der Waals surface area contributed by atoms with E-state index < -0.39 is 0 Å². The Morgan fingerprint density at radius 3 is 2.70 bits per heavy atom. The van der Waals surface area contributed by atoms with Crippen molar-refractivity contribution in [2.45, 2.75) is 45.3 Å². The number of hydrogen-bond donors (Lipinski definition) is 1. The van der Waals surface area contributed by atoms with Crippen molar-refractivity contribution in [3.63, 3.8) is 0 Å². The molecular weight excluding hydrogens is 276 g/mol. The molecule has 6 nitrogen and oxygen atoms in total. The van der Waals surface area contributed by atoms with E-state index in [1.807, 2.05) is 11.8 Å². The molecule has 0 spiro atoms. The third kappa shape index (κ3) is 2.77. The number of nitrogens with one attached hydrogen (secondary N) is 1. The van der Waals surface area contributed by atoms with Gasteiger partial charge in [0.2, 0.25) is 0 Å². The number of amides is 3. The molecule has 0 bridgehead atoms. The molecule has 0 aromatic carbocycles. The van der Waals surface area contributed by atoms with E-state index in [9.17, 15) is 9.59 Å². The van der Waals surface area contributed by atoms with Crippen molar-refractivity contribution in [1.29, 1.82) is 0 Å². The molecule has 2 heterocycles. The van der Waals surface area contributed by atoms with Gasteiger partial charge in [0.15, 0.2) is 17.4 Å². The normalized spacial score (nSPS) is 25.6. The number of nitrogens with zero attached hydrogens (tertiary/aromatic N) is 3. The minimum absolute atomic E-state index is 0.243. The lowest BCUT2D eigenvalue weighted by Gasteiger charge is -2.35. The summed E-state index contributed by atoms with van der Waals surface area (Å²) in [5, 5.41) is 3.27. The Balaban J connectivity index is 2.08. The topological polar surface area (TPSA) is 65.0 Å². The molecule has 2 rings (SSSR count). The molecule has 7 heteroatoms. The highest BCUT2D eigenvalue weighted by atomic mass is 32.2. The van der Waals surface area contributed by atoms with Gasteiger partial charge < -0.3 is 9.80 Å². The van der Waals surface area contributed by atoms with E-state index in [2.05, 4.69) is 17.2 Å². The SMILES string of the molecule is CCCCCSC1=NC2C(C(=O)NC(=O)N2C)N1CC. The maximum absolute atomic E-state index is 12.0. The average Bonchev–Trinajstić information content (AvgIpc) is 2.80. The van der Waals surface area contributed by atoms with Crippen molar-refractivity contribution >= 4 is 28.9 Å². The molecule has 0 aliphatic carbocycles. The number of amidine groups is 1. The van der Waals surface area contributed by atoms with Crippen molar-refractivity contribution in [2.24, 2.45) is 4.99 Å². The highest BCUT2D eigenvalue weighted by Crippen LogP contribution is 2.28. The minimum atomic E-state index is -0.384. The van der Waals surface area contributed by atoms with Crippen LogP contribution in [0.25, 0.3) is 0 Å². The summed E-state index contributed by atoms with van der Waals surface area (Å²) in [5.74, 6) is 0.759. The van der Waals surface area contributed by atoms with Crippen LogP contribution in [0.1, 0.15) is 33.1 Å². The zero-order valence-electron chi connectivity index (χ0n) is 12.3. The molecule has 2 atom stereocenters. The molecule has 1 fully saturated rings. The van der Waals surface area contributed by atoms with Crippen molar-refractivity contribution in [3.8, 4) is 0 Å². The van der Waals surface area contributed by atoms with Gasteiger partial charge in [-0.25, -0.2) is 9.79 Å². The summed E-state index contributed by atoms with van der Waals surface area (Å²) >= 11 is 1.69. The summed E-state index contributed by atoms with van der Waals surface area (Å²) in [4.78, 5) is 31.8. The highest BCUT2D eigenvalue weighted by molar-refractivity contribution is 8.13. The van der Waals surface area contributed by atoms with E-state index in [1.54, 1.807) is 18.8 Å². The van der Waals surface area contributed by atoms with Gasteiger partial charge in [-0.05, 0) is 13.3 Å². The molecule has 1 N–H and O–H groups in total. The Labute approximate surface area is 124 Å². The molecule has 0 radical (unpaired) electrons. The van der Waals surface area contributed by atoms with Crippen LogP contribution in [0, 0.1) is 0 Å².